The number of hydrogen-bond acceptors (Lipinski definition) is 3. The van der Waals surface area contributed by atoms with Gasteiger partial charge in [0.15, 0.2) is 0 Å². The topological polar surface area (TPSA) is 16.4 Å². The second-order valence-corrected chi connectivity index (χ2v) is 16.8. The molecule has 0 unspecified atom stereocenters. The lowest BCUT2D eigenvalue weighted by atomic mass is 9.93. The molecule has 0 saturated heterocycles. The van der Waals surface area contributed by atoms with E-state index in [4.69, 9.17) is 4.42 Å². The maximum Gasteiger partial charge on any atom is 0.143 e. The molecule has 12 rings (SSSR count). The van der Waals surface area contributed by atoms with Crippen LogP contribution in [-0.2, 0) is 0 Å². The Labute approximate surface area is 357 Å². The van der Waals surface area contributed by atoms with Gasteiger partial charge in [0.1, 0.15) is 11.2 Å². The summed E-state index contributed by atoms with van der Waals surface area (Å²) in [5.74, 6) is 0. The first-order valence-corrected chi connectivity index (χ1v) is 21.5. The molecule has 0 atom stereocenters. The molecule has 0 aliphatic heterocycles. The second-order valence-electron chi connectivity index (χ2n) is 15.7. The number of hydrogen-bond donors (Lipinski definition) is 0. The minimum absolute atomic E-state index is 0.864. The Morgan fingerprint density at radius 3 is 1.66 bits per heavy atom. The van der Waals surface area contributed by atoms with Gasteiger partial charge in [-0.2, -0.15) is 0 Å². The van der Waals surface area contributed by atoms with Crippen LogP contribution in [0, 0.1) is 0 Å². The van der Waals surface area contributed by atoms with Crippen molar-refractivity contribution in [3.05, 3.63) is 224 Å². The third-order valence-corrected chi connectivity index (χ3v) is 13.2. The molecule has 0 aliphatic carbocycles. The molecular formula is C58H37NOS. The summed E-state index contributed by atoms with van der Waals surface area (Å²) in [6, 6.07) is 81.2. The highest BCUT2D eigenvalue weighted by Gasteiger charge is 2.21. The van der Waals surface area contributed by atoms with Crippen molar-refractivity contribution in [3.8, 4) is 44.5 Å². The van der Waals surface area contributed by atoms with Gasteiger partial charge in [-0.3, -0.25) is 0 Å². The number of nitrogens with zero attached hydrogens (tertiary/aromatic N) is 1. The molecule has 2 heterocycles. The van der Waals surface area contributed by atoms with Crippen molar-refractivity contribution in [2.24, 2.45) is 0 Å². The van der Waals surface area contributed by atoms with Crippen LogP contribution in [0.25, 0.3) is 97.4 Å². The fourth-order valence-electron chi connectivity index (χ4n) is 9.07. The summed E-state index contributed by atoms with van der Waals surface area (Å²) in [4.78, 5) is 2.40. The smallest absolute Gasteiger partial charge is 0.143 e. The van der Waals surface area contributed by atoms with Crippen LogP contribution in [0.1, 0.15) is 0 Å². The van der Waals surface area contributed by atoms with E-state index in [0.717, 1.165) is 55.3 Å². The quantitative estimate of drug-likeness (QED) is 0.160. The number of fused-ring (bicyclic) bond motifs is 8. The highest BCUT2D eigenvalue weighted by Crippen LogP contribution is 2.46. The monoisotopic (exact) mass is 795 g/mol. The lowest BCUT2D eigenvalue weighted by Gasteiger charge is -2.27. The number of benzene rings is 10. The molecule has 61 heavy (non-hydrogen) atoms. The Balaban J connectivity index is 1.03. The van der Waals surface area contributed by atoms with Crippen molar-refractivity contribution in [3.63, 3.8) is 0 Å². The highest BCUT2D eigenvalue weighted by molar-refractivity contribution is 7.25. The van der Waals surface area contributed by atoms with Crippen LogP contribution in [0.3, 0.4) is 0 Å². The van der Waals surface area contributed by atoms with Crippen LogP contribution >= 0.6 is 11.3 Å². The van der Waals surface area contributed by atoms with Crippen LogP contribution in [0.2, 0.25) is 0 Å². The number of rotatable bonds is 7. The van der Waals surface area contributed by atoms with Gasteiger partial charge in [0.2, 0.25) is 0 Å². The van der Waals surface area contributed by atoms with Crippen LogP contribution < -0.4 is 4.90 Å². The number of furan rings is 1. The second kappa shape index (κ2) is 14.5. The molecule has 10 aromatic carbocycles. The third-order valence-electron chi connectivity index (χ3n) is 12.0. The summed E-state index contributed by atoms with van der Waals surface area (Å²) < 4.78 is 9.34. The predicted molar refractivity (Wildman–Crippen MR) is 261 cm³/mol. The summed E-state index contributed by atoms with van der Waals surface area (Å²) in [6.45, 7) is 0. The number of anilines is 3. The Morgan fingerprint density at radius 2 is 0.902 bits per heavy atom. The van der Waals surface area contributed by atoms with Crippen molar-refractivity contribution in [2.75, 3.05) is 4.90 Å². The maximum absolute atomic E-state index is 6.73. The summed E-state index contributed by atoms with van der Waals surface area (Å²) in [7, 11) is 0. The van der Waals surface area contributed by atoms with Crippen molar-refractivity contribution >= 4 is 81.3 Å². The van der Waals surface area contributed by atoms with E-state index in [1.54, 1.807) is 0 Å². The van der Waals surface area contributed by atoms with Crippen molar-refractivity contribution < 1.29 is 4.42 Å². The molecule has 0 bridgehead atoms. The largest absolute Gasteiger partial charge is 0.455 e. The molecule has 0 spiro atoms. The van der Waals surface area contributed by atoms with E-state index in [1.165, 1.54) is 59.1 Å². The van der Waals surface area contributed by atoms with Gasteiger partial charge >= 0.3 is 0 Å². The van der Waals surface area contributed by atoms with E-state index >= 15 is 0 Å². The minimum Gasteiger partial charge on any atom is -0.455 e. The first-order chi connectivity index (χ1) is 30.2. The Bertz CT molecular complexity index is 3530. The van der Waals surface area contributed by atoms with E-state index in [1.807, 2.05) is 11.3 Å². The summed E-state index contributed by atoms with van der Waals surface area (Å²) >= 11 is 1.86. The molecule has 12 aromatic rings. The van der Waals surface area contributed by atoms with E-state index in [0.29, 0.717) is 0 Å². The van der Waals surface area contributed by atoms with Crippen molar-refractivity contribution in [1.29, 1.82) is 0 Å². The maximum atomic E-state index is 6.73. The van der Waals surface area contributed by atoms with Gasteiger partial charge in [-0.25, -0.2) is 0 Å². The fraction of sp³-hybridized carbons (Fsp3) is 0. The summed E-state index contributed by atoms with van der Waals surface area (Å²) in [5.41, 5.74) is 14.4. The average molecular weight is 796 g/mol. The van der Waals surface area contributed by atoms with E-state index in [9.17, 15) is 0 Å². The SMILES string of the molecule is c1ccc(-c2cc(-c3ccccc3)cc(-c3ccc(N(c4cccc(-c5ccc6c(c5)sc5ccccc56)c4)c4cccc5oc6c7ccccc7ccc6c45)cc3)c2)cc1. The molecule has 2 aromatic heterocycles. The highest BCUT2D eigenvalue weighted by atomic mass is 32.1. The predicted octanol–water partition coefficient (Wildman–Crippen LogP) is 17.2. The van der Waals surface area contributed by atoms with Crippen LogP contribution in [0.4, 0.5) is 17.1 Å². The molecule has 2 nitrogen and oxygen atoms in total. The van der Waals surface area contributed by atoms with Crippen LogP contribution in [0.5, 0.6) is 0 Å². The lowest BCUT2D eigenvalue weighted by molar-refractivity contribution is 0.672. The first kappa shape index (κ1) is 35.2. The minimum atomic E-state index is 0.864. The van der Waals surface area contributed by atoms with Crippen LogP contribution in [0.15, 0.2) is 229 Å². The number of thiophene rings is 1. The third kappa shape index (κ3) is 6.18. The van der Waals surface area contributed by atoms with Crippen molar-refractivity contribution in [2.45, 2.75) is 0 Å². The Hall–Kier alpha value is -7.72. The molecule has 0 aliphatic rings. The molecule has 0 fully saturated rings. The van der Waals surface area contributed by atoms with Crippen LogP contribution in [-0.4, -0.2) is 0 Å². The first-order valence-electron chi connectivity index (χ1n) is 20.7. The van der Waals surface area contributed by atoms with Gasteiger partial charge in [-0.15, -0.1) is 11.3 Å². The normalized spacial score (nSPS) is 11.6. The van der Waals surface area contributed by atoms with Gasteiger partial charge in [0.25, 0.3) is 0 Å². The molecule has 0 N–H and O–H groups in total. The molecule has 3 heteroatoms. The van der Waals surface area contributed by atoms with E-state index in [2.05, 4.69) is 229 Å². The zero-order valence-electron chi connectivity index (χ0n) is 33.1. The van der Waals surface area contributed by atoms with Gasteiger partial charge in [0, 0.05) is 42.3 Å². The standard InChI is InChI=1S/C58H37NOS/c1-3-13-38(14-4-1)44-33-45(39-15-5-2-6-16-39)35-46(34-44)40-25-29-47(30-26-40)59(53-22-12-23-54-57(53)52-32-27-41-17-7-8-20-49(41)58(52)60-54)48-19-11-18-42(36-48)43-28-31-51-50-21-9-10-24-55(50)61-56(51)37-43/h1-37H. The summed E-state index contributed by atoms with van der Waals surface area (Å²) in [6.07, 6.45) is 0. The fourth-order valence-corrected chi connectivity index (χ4v) is 10.2. The Morgan fingerprint density at radius 1 is 0.328 bits per heavy atom. The summed E-state index contributed by atoms with van der Waals surface area (Å²) in [5, 5.41) is 7.09. The van der Waals surface area contributed by atoms with Gasteiger partial charge in [-0.05, 0) is 123 Å². The average Bonchev–Trinajstić information content (AvgIpc) is 3.91. The van der Waals surface area contributed by atoms with Gasteiger partial charge in [0.05, 0.1) is 11.1 Å². The molecule has 0 radical (unpaired) electrons. The zero-order chi connectivity index (χ0) is 40.3. The Kier molecular flexibility index (Phi) is 8.39. The molecular weight excluding hydrogens is 759 g/mol. The van der Waals surface area contributed by atoms with Gasteiger partial charge in [-0.1, -0.05) is 152 Å². The van der Waals surface area contributed by atoms with Crippen molar-refractivity contribution in [1.82, 2.24) is 0 Å². The van der Waals surface area contributed by atoms with E-state index in [-0.39, 0.29) is 0 Å². The van der Waals surface area contributed by atoms with E-state index < -0.39 is 0 Å². The zero-order valence-corrected chi connectivity index (χ0v) is 33.9. The van der Waals surface area contributed by atoms with Gasteiger partial charge < -0.3 is 9.32 Å². The molecule has 0 saturated carbocycles. The lowest BCUT2D eigenvalue weighted by Crippen LogP contribution is -2.10. The molecule has 286 valence electrons. The molecule has 0 amide bonds.